The second-order valence-corrected chi connectivity index (χ2v) is 5.57. The first-order valence-corrected chi connectivity index (χ1v) is 5.15. The van der Waals surface area contributed by atoms with Gasteiger partial charge in [-0.3, -0.25) is 0 Å². The van der Waals surface area contributed by atoms with Gasteiger partial charge < -0.3 is 10.2 Å². The number of aliphatic hydroxyl groups excluding tert-OH is 1. The largest absolute Gasteiger partial charge is 0.382 e. The number of hydrogen-bond acceptors (Lipinski definition) is 4. The molecule has 0 aliphatic carbocycles. The van der Waals surface area contributed by atoms with Crippen LogP contribution >= 0.6 is 23.5 Å². The first-order valence-electron chi connectivity index (χ1n) is 3.22. The van der Waals surface area contributed by atoms with Crippen LogP contribution in [0.2, 0.25) is 0 Å². The van der Waals surface area contributed by atoms with Crippen LogP contribution in [0.3, 0.4) is 0 Å². The summed E-state index contributed by atoms with van der Waals surface area (Å²) in [7, 11) is 0. The maximum atomic E-state index is 9.59. The minimum atomic E-state index is -0.663. The van der Waals surface area contributed by atoms with E-state index in [1.54, 1.807) is 6.92 Å². The highest BCUT2D eigenvalue weighted by atomic mass is 32.2. The topological polar surface area (TPSA) is 40.5 Å². The highest BCUT2D eigenvalue weighted by molar-refractivity contribution is 8.07. The minimum Gasteiger partial charge on any atom is -0.382 e. The highest BCUT2D eigenvalue weighted by Crippen LogP contribution is 2.40. The predicted octanol–water partition coefficient (Wildman–Crippen LogP) is 0.882. The summed E-state index contributed by atoms with van der Waals surface area (Å²) < 4.78 is 0. The Balaban J connectivity index is 2.52. The van der Waals surface area contributed by atoms with Gasteiger partial charge in [0, 0.05) is 11.0 Å². The molecule has 0 bridgehead atoms. The van der Waals surface area contributed by atoms with Crippen LogP contribution in [0.4, 0.5) is 0 Å². The second-order valence-electron chi connectivity index (χ2n) is 2.60. The Hall–Kier alpha value is 0.620. The molecule has 0 aromatic rings. The lowest BCUT2D eigenvalue weighted by atomic mass is 10.3. The molecule has 1 aliphatic rings. The molecule has 2 nitrogen and oxygen atoms in total. The Kier molecular flexibility index (Phi) is 2.55. The van der Waals surface area contributed by atoms with Crippen LogP contribution in [-0.4, -0.2) is 31.6 Å². The van der Waals surface area contributed by atoms with Gasteiger partial charge in [0.1, 0.15) is 10.4 Å². The molecule has 0 aromatic heterocycles. The van der Waals surface area contributed by atoms with Crippen molar-refractivity contribution < 1.29 is 10.2 Å². The van der Waals surface area contributed by atoms with Crippen molar-refractivity contribution in [3.63, 3.8) is 0 Å². The van der Waals surface area contributed by atoms with Gasteiger partial charge in [-0.1, -0.05) is 0 Å². The Morgan fingerprint density at radius 2 is 2.20 bits per heavy atom. The van der Waals surface area contributed by atoms with Crippen molar-refractivity contribution in [3.05, 3.63) is 0 Å². The maximum Gasteiger partial charge on any atom is 0.119 e. The van der Waals surface area contributed by atoms with Crippen molar-refractivity contribution in [2.45, 2.75) is 29.5 Å². The molecular formula is C6H12O2S2. The molecule has 2 N–H and O–H groups in total. The van der Waals surface area contributed by atoms with Gasteiger partial charge in [-0.2, -0.15) is 0 Å². The van der Waals surface area contributed by atoms with Gasteiger partial charge >= 0.3 is 0 Å². The maximum absolute atomic E-state index is 9.59. The Morgan fingerprint density at radius 1 is 1.60 bits per heavy atom. The molecular weight excluding hydrogens is 168 g/mol. The molecule has 60 valence electrons. The molecule has 1 fully saturated rings. The summed E-state index contributed by atoms with van der Waals surface area (Å²) in [5.74, 6) is 0.627. The van der Waals surface area contributed by atoms with Crippen LogP contribution in [0.1, 0.15) is 13.8 Å². The molecule has 1 aliphatic heterocycles. The van der Waals surface area contributed by atoms with E-state index in [1.807, 2.05) is 6.92 Å². The molecule has 3 unspecified atom stereocenters. The fourth-order valence-electron chi connectivity index (χ4n) is 0.759. The molecule has 0 saturated carbocycles. The van der Waals surface area contributed by atoms with E-state index in [1.165, 1.54) is 23.5 Å². The van der Waals surface area contributed by atoms with Crippen molar-refractivity contribution in [2.75, 3.05) is 5.75 Å². The summed E-state index contributed by atoms with van der Waals surface area (Å²) in [5, 5.41) is 18.8. The van der Waals surface area contributed by atoms with E-state index in [0.717, 1.165) is 0 Å². The van der Waals surface area contributed by atoms with Crippen molar-refractivity contribution in [1.82, 2.24) is 0 Å². The molecule has 0 radical (unpaired) electrons. The van der Waals surface area contributed by atoms with Crippen LogP contribution in [0.25, 0.3) is 0 Å². The van der Waals surface area contributed by atoms with Crippen LogP contribution in [0.5, 0.6) is 0 Å². The molecule has 0 spiro atoms. The lowest BCUT2D eigenvalue weighted by Crippen LogP contribution is -2.38. The van der Waals surface area contributed by atoms with Crippen molar-refractivity contribution in [2.24, 2.45) is 0 Å². The SMILES string of the molecule is CC1SC(O)CSC1(C)O. The quantitative estimate of drug-likeness (QED) is 0.580. The first-order chi connectivity index (χ1) is 4.52. The van der Waals surface area contributed by atoms with Gasteiger partial charge in [-0.25, -0.2) is 0 Å². The van der Waals surface area contributed by atoms with E-state index in [9.17, 15) is 5.11 Å². The van der Waals surface area contributed by atoms with Crippen molar-refractivity contribution >= 4 is 23.5 Å². The van der Waals surface area contributed by atoms with Crippen molar-refractivity contribution in [1.29, 1.82) is 0 Å². The second kappa shape index (κ2) is 2.93. The third kappa shape index (κ3) is 1.81. The summed E-state index contributed by atoms with van der Waals surface area (Å²) in [5.41, 5.74) is -0.305. The molecule has 1 saturated heterocycles. The summed E-state index contributed by atoms with van der Waals surface area (Å²) >= 11 is 2.85. The zero-order chi connectivity index (χ0) is 7.78. The number of thioether (sulfide) groups is 2. The summed E-state index contributed by atoms with van der Waals surface area (Å²) in [6.45, 7) is 3.72. The fourth-order valence-corrected chi connectivity index (χ4v) is 3.09. The summed E-state index contributed by atoms with van der Waals surface area (Å²) in [6.07, 6.45) is 0. The number of aliphatic hydroxyl groups is 2. The molecule has 0 amide bonds. The van der Waals surface area contributed by atoms with Gasteiger partial charge in [-0.15, -0.1) is 23.5 Å². The molecule has 0 aromatic carbocycles. The normalized spacial score (nSPS) is 49.2. The summed E-state index contributed by atoms with van der Waals surface area (Å²) in [6, 6.07) is 0. The third-order valence-corrected chi connectivity index (χ3v) is 4.76. The number of hydrogen-bond donors (Lipinski definition) is 2. The predicted molar refractivity (Wildman–Crippen MR) is 46.1 cm³/mol. The molecule has 10 heavy (non-hydrogen) atoms. The Bertz CT molecular complexity index is 127. The zero-order valence-corrected chi connectivity index (χ0v) is 7.71. The average Bonchev–Trinajstić information content (AvgIpc) is 1.81. The number of rotatable bonds is 0. The zero-order valence-electron chi connectivity index (χ0n) is 6.07. The van der Waals surface area contributed by atoms with Gasteiger partial charge in [0.2, 0.25) is 0 Å². The van der Waals surface area contributed by atoms with Gasteiger partial charge in [0.05, 0.1) is 0 Å². The standard InChI is InChI=1S/C6H12O2S2/c1-4-6(2,8)9-3-5(7)10-4/h4-5,7-8H,3H2,1-2H3. The van der Waals surface area contributed by atoms with E-state index >= 15 is 0 Å². The van der Waals surface area contributed by atoms with Crippen molar-refractivity contribution in [3.8, 4) is 0 Å². The minimum absolute atomic E-state index is 0.112. The van der Waals surface area contributed by atoms with Crippen LogP contribution < -0.4 is 0 Å². The summed E-state index contributed by atoms with van der Waals surface area (Å²) in [4.78, 5) is -0.663. The molecule has 3 atom stereocenters. The lowest BCUT2D eigenvalue weighted by Gasteiger charge is -2.35. The van der Waals surface area contributed by atoms with E-state index in [-0.39, 0.29) is 10.7 Å². The van der Waals surface area contributed by atoms with Crippen LogP contribution in [0.15, 0.2) is 0 Å². The fraction of sp³-hybridized carbons (Fsp3) is 1.00. The average molecular weight is 180 g/mol. The molecule has 1 heterocycles. The Morgan fingerprint density at radius 3 is 2.60 bits per heavy atom. The van der Waals surface area contributed by atoms with Crippen LogP contribution in [0, 0.1) is 0 Å². The van der Waals surface area contributed by atoms with E-state index < -0.39 is 4.93 Å². The van der Waals surface area contributed by atoms with E-state index in [4.69, 9.17) is 5.11 Å². The van der Waals surface area contributed by atoms with Gasteiger partial charge in [-0.05, 0) is 13.8 Å². The van der Waals surface area contributed by atoms with Crippen LogP contribution in [-0.2, 0) is 0 Å². The third-order valence-electron chi connectivity index (χ3n) is 1.63. The van der Waals surface area contributed by atoms with E-state index in [2.05, 4.69) is 0 Å². The first kappa shape index (κ1) is 8.71. The highest BCUT2D eigenvalue weighted by Gasteiger charge is 2.35. The molecule has 1 rings (SSSR count). The lowest BCUT2D eigenvalue weighted by molar-refractivity contribution is 0.153. The molecule has 4 heteroatoms. The van der Waals surface area contributed by atoms with Gasteiger partial charge in [0.15, 0.2) is 0 Å². The smallest absolute Gasteiger partial charge is 0.119 e. The van der Waals surface area contributed by atoms with E-state index in [0.29, 0.717) is 5.75 Å². The van der Waals surface area contributed by atoms with Gasteiger partial charge in [0.25, 0.3) is 0 Å². The monoisotopic (exact) mass is 180 g/mol. The Labute approximate surface area is 69.4 Å².